The number of nitrogens with one attached hydrogen (secondary N) is 1. The van der Waals surface area contributed by atoms with Gasteiger partial charge in [0.25, 0.3) is 0 Å². The molecule has 0 aliphatic rings. The Morgan fingerprint density at radius 1 is 1.72 bits per heavy atom. The van der Waals surface area contributed by atoms with Gasteiger partial charge in [-0.1, -0.05) is 6.92 Å². The molecule has 1 heterocycles. The second-order valence-corrected chi connectivity index (χ2v) is 3.83. The van der Waals surface area contributed by atoms with Gasteiger partial charge in [0.2, 0.25) is 12.2 Å². The highest BCUT2D eigenvalue weighted by molar-refractivity contribution is 5.76. The Balaban J connectivity index is 2.39. The third kappa shape index (κ3) is 4.13. The molecule has 0 radical (unpaired) electrons. The number of aliphatic hydroxyl groups excluding tert-OH is 1. The molecule has 18 heavy (non-hydrogen) atoms. The number of nitro groups is 1. The van der Waals surface area contributed by atoms with Crippen molar-refractivity contribution in [2.75, 3.05) is 6.61 Å². The van der Waals surface area contributed by atoms with Crippen LogP contribution in [0.25, 0.3) is 0 Å². The molecular weight excluding hydrogens is 240 g/mol. The Morgan fingerprint density at radius 3 is 2.94 bits per heavy atom. The smallest absolute Gasteiger partial charge is 0.381 e. The third-order valence-electron chi connectivity index (χ3n) is 2.48. The molecule has 1 rings (SSSR count). The summed E-state index contributed by atoms with van der Waals surface area (Å²) in [6.07, 6.45) is 3.42. The van der Waals surface area contributed by atoms with E-state index < -0.39 is 4.92 Å². The monoisotopic (exact) mass is 256 g/mol. The minimum atomic E-state index is -0.588. The Labute approximate surface area is 104 Å². The molecule has 1 amide bonds. The fraction of sp³-hybridized carbons (Fsp3) is 0.600. The van der Waals surface area contributed by atoms with Crippen LogP contribution < -0.4 is 5.32 Å². The fourth-order valence-electron chi connectivity index (χ4n) is 1.37. The second kappa shape index (κ2) is 6.70. The number of carbonyl (C=O) groups excluding carboxylic acids is 1. The van der Waals surface area contributed by atoms with E-state index in [1.165, 1.54) is 17.1 Å². The molecule has 1 aromatic rings. The van der Waals surface area contributed by atoms with E-state index in [1.807, 2.05) is 6.92 Å². The van der Waals surface area contributed by atoms with Gasteiger partial charge in [-0.05, 0) is 16.3 Å². The molecule has 0 saturated heterocycles. The van der Waals surface area contributed by atoms with Crippen LogP contribution >= 0.6 is 0 Å². The van der Waals surface area contributed by atoms with Gasteiger partial charge < -0.3 is 25.1 Å². The number of imidazole rings is 1. The van der Waals surface area contributed by atoms with Crippen LogP contribution in [0, 0.1) is 10.1 Å². The Hall–Kier alpha value is -1.96. The standard InChI is InChI=1S/C10H16N4O4/c1-2-8(6-15)12-10(16)3-4-13-5-9(11-7-13)14(17)18/h5,7-8,15H,2-4,6H2,1H3,(H,12,16)/t8-/m0/s1. The highest BCUT2D eigenvalue weighted by Crippen LogP contribution is 2.06. The van der Waals surface area contributed by atoms with Crippen molar-refractivity contribution in [3.8, 4) is 0 Å². The van der Waals surface area contributed by atoms with Crippen molar-refractivity contribution in [1.29, 1.82) is 0 Å². The van der Waals surface area contributed by atoms with Crippen molar-refractivity contribution in [2.24, 2.45) is 0 Å². The number of rotatable bonds is 7. The third-order valence-corrected chi connectivity index (χ3v) is 2.48. The number of nitrogens with zero attached hydrogens (tertiary/aromatic N) is 3. The molecule has 0 unspecified atom stereocenters. The van der Waals surface area contributed by atoms with Crippen LogP contribution in [0.1, 0.15) is 19.8 Å². The lowest BCUT2D eigenvalue weighted by Gasteiger charge is -2.13. The maximum Gasteiger partial charge on any atom is 0.381 e. The summed E-state index contributed by atoms with van der Waals surface area (Å²) >= 11 is 0. The van der Waals surface area contributed by atoms with Gasteiger partial charge in [-0.15, -0.1) is 0 Å². The summed E-state index contributed by atoms with van der Waals surface area (Å²) in [5.41, 5.74) is 0. The number of aryl methyl sites for hydroxylation is 1. The first kappa shape index (κ1) is 14.1. The van der Waals surface area contributed by atoms with Crippen molar-refractivity contribution in [2.45, 2.75) is 32.4 Å². The average Bonchev–Trinajstić information content (AvgIpc) is 2.82. The van der Waals surface area contributed by atoms with Gasteiger partial charge in [-0.2, -0.15) is 0 Å². The Bertz CT molecular complexity index is 414. The summed E-state index contributed by atoms with van der Waals surface area (Å²) < 4.78 is 1.48. The van der Waals surface area contributed by atoms with E-state index in [4.69, 9.17) is 5.11 Å². The first-order valence-corrected chi connectivity index (χ1v) is 5.63. The lowest BCUT2D eigenvalue weighted by molar-refractivity contribution is -0.389. The van der Waals surface area contributed by atoms with E-state index in [-0.39, 0.29) is 30.8 Å². The van der Waals surface area contributed by atoms with E-state index >= 15 is 0 Å². The highest BCUT2D eigenvalue weighted by atomic mass is 16.6. The summed E-state index contributed by atoms with van der Waals surface area (Å²) in [5, 5.41) is 22.0. The van der Waals surface area contributed by atoms with E-state index in [9.17, 15) is 14.9 Å². The molecule has 8 heteroatoms. The van der Waals surface area contributed by atoms with Crippen LogP contribution in [0.3, 0.4) is 0 Å². The maximum absolute atomic E-state index is 11.5. The number of carbonyl (C=O) groups is 1. The van der Waals surface area contributed by atoms with Crippen LogP contribution in [0.15, 0.2) is 12.5 Å². The minimum absolute atomic E-state index is 0.0984. The summed E-state index contributed by atoms with van der Waals surface area (Å²) in [7, 11) is 0. The molecule has 0 spiro atoms. The van der Waals surface area contributed by atoms with Crippen LogP contribution in [0.2, 0.25) is 0 Å². The van der Waals surface area contributed by atoms with Crippen molar-refractivity contribution >= 4 is 11.7 Å². The molecular formula is C10H16N4O4. The predicted molar refractivity (Wildman–Crippen MR) is 62.8 cm³/mol. The second-order valence-electron chi connectivity index (χ2n) is 3.83. The maximum atomic E-state index is 11.5. The molecule has 0 fully saturated rings. The Morgan fingerprint density at radius 2 is 2.44 bits per heavy atom. The summed E-state index contributed by atoms with van der Waals surface area (Å²) in [5.74, 6) is -0.440. The average molecular weight is 256 g/mol. The number of hydrogen-bond donors (Lipinski definition) is 2. The topological polar surface area (TPSA) is 110 Å². The van der Waals surface area contributed by atoms with Crippen LogP contribution in [0.4, 0.5) is 5.82 Å². The predicted octanol–water partition coefficient (Wildman–Crippen LogP) is 0.0685. The summed E-state index contributed by atoms with van der Waals surface area (Å²) in [4.78, 5) is 24.9. The number of hydrogen-bond acceptors (Lipinski definition) is 5. The zero-order valence-electron chi connectivity index (χ0n) is 10.1. The molecule has 0 bridgehead atoms. The number of amides is 1. The molecule has 0 aliphatic heterocycles. The SMILES string of the molecule is CC[C@@H](CO)NC(=O)CCn1cnc([N+](=O)[O-])c1. The van der Waals surface area contributed by atoms with Gasteiger partial charge in [-0.25, -0.2) is 0 Å². The molecule has 2 N–H and O–H groups in total. The quantitative estimate of drug-likeness (QED) is 0.529. The molecule has 8 nitrogen and oxygen atoms in total. The van der Waals surface area contributed by atoms with Gasteiger partial charge in [0.05, 0.1) is 12.6 Å². The van der Waals surface area contributed by atoms with Gasteiger partial charge in [0.15, 0.2) is 0 Å². The Kier molecular flexibility index (Phi) is 5.25. The lowest BCUT2D eigenvalue weighted by Crippen LogP contribution is -2.37. The molecule has 1 atom stereocenters. The molecule has 0 aliphatic carbocycles. The largest absolute Gasteiger partial charge is 0.394 e. The zero-order chi connectivity index (χ0) is 13.5. The van der Waals surface area contributed by atoms with E-state index in [2.05, 4.69) is 10.3 Å². The van der Waals surface area contributed by atoms with Gasteiger partial charge >= 0.3 is 5.82 Å². The molecule has 100 valence electrons. The van der Waals surface area contributed by atoms with Crippen LogP contribution in [0.5, 0.6) is 0 Å². The first-order valence-electron chi connectivity index (χ1n) is 5.63. The van der Waals surface area contributed by atoms with Crippen molar-refractivity contribution in [3.63, 3.8) is 0 Å². The number of aliphatic hydroxyl groups is 1. The summed E-state index contributed by atoms with van der Waals surface area (Å²) in [6, 6.07) is -0.241. The van der Waals surface area contributed by atoms with Gasteiger partial charge in [0.1, 0.15) is 6.20 Å². The van der Waals surface area contributed by atoms with E-state index in [0.717, 1.165) is 0 Å². The molecule has 0 aromatic carbocycles. The minimum Gasteiger partial charge on any atom is -0.394 e. The van der Waals surface area contributed by atoms with E-state index in [0.29, 0.717) is 13.0 Å². The number of aromatic nitrogens is 2. The molecule has 0 saturated carbocycles. The van der Waals surface area contributed by atoms with Gasteiger partial charge in [0, 0.05) is 13.0 Å². The van der Waals surface area contributed by atoms with Crippen molar-refractivity contribution in [3.05, 3.63) is 22.6 Å². The normalized spacial score (nSPS) is 12.1. The highest BCUT2D eigenvalue weighted by Gasteiger charge is 2.12. The van der Waals surface area contributed by atoms with Crippen LogP contribution in [-0.2, 0) is 11.3 Å². The fourth-order valence-corrected chi connectivity index (χ4v) is 1.37. The van der Waals surface area contributed by atoms with E-state index in [1.54, 1.807) is 0 Å². The lowest BCUT2D eigenvalue weighted by atomic mass is 10.2. The summed E-state index contributed by atoms with van der Waals surface area (Å²) in [6.45, 7) is 2.08. The zero-order valence-corrected chi connectivity index (χ0v) is 10.1. The van der Waals surface area contributed by atoms with Crippen molar-refractivity contribution < 1.29 is 14.8 Å². The molecule has 1 aromatic heterocycles. The van der Waals surface area contributed by atoms with Gasteiger partial charge in [-0.3, -0.25) is 4.79 Å². The first-order chi connectivity index (χ1) is 8.56. The van der Waals surface area contributed by atoms with Crippen LogP contribution in [-0.4, -0.2) is 38.1 Å². The van der Waals surface area contributed by atoms with Crippen molar-refractivity contribution in [1.82, 2.24) is 14.9 Å².